The summed E-state index contributed by atoms with van der Waals surface area (Å²) in [5.74, 6) is -0.205. The Hall–Kier alpha value is -1.72. The molecule has 0 amide bonds. The van der Waals surface area contributed by atoms with E-state index in [-0.39, 0.29) is 10.6 Å². The summed E-state index contributed by atoms with van der Waals surface area (Å²) in [5, 5.41) is 1.83. The summed E-state index contributed by atoms with van der Waals surface area (Å²) in [6.45, 7) is 0. The molecule has 0 atom stereocenters. The number of fused-ring (bicyclic) bond motifs is 1. The molecule has 0 bridgehead atoms. The van der Waals surface area contributed by atoms with Gasteiger partial charge in [-0.05, 0) is 29.6 Å². The van der Waals surface area contributed by atoms with Crippen LogP contribution in [0.1, 0.15) is 0 Å². The van der Waals surface area contributed by atoms with Gasteiger partial charge >= 0.3 is 0 Å². The highest BCUT2D eigenvalue weighted by molar-refractivity contribution is 7.17. The average molecular weight is 281 g/mol. The molecule has 0 radical (unpaired) electrons. The maximum Gasteiger partial charge on any atom is 0.269 e. The standard InChI is InChI=1S/C12H6ClFN2OS/c13-7-2-1-6(5-8(7)14)11-15-9-3-4-18-10(9)12(17)16-11/h1-5H,(H,15,16,17). The molecular weight excluding hydrogens is 275 g/mol. The van der Waals surface area contributed by atoms with Crippen molar-refractivity contribution in [2.24, 2.45) is 0 Å². The topological polar surface area (TPSA) is 45.8 Å². The van der Waals surface area contributed by atoms with Gasteiger partial charge in [0.25, 0.3) is 5.56 Å². The predicted molar refractivity (Wildman–Crippen MR) is 70.6 cm³/mol. The van der Waals surface area contributed by atoms with Crippen molar-refractivity contribution in [3.63, 3.8) is 0 Å². The molecule has 0 aliphatic carbocycles. The summed E-state index contributed by atoms with van der Waals surface area (Å²) in [5.41, 5.74) is 0.872. The second-order valence-corrected chi connectivity index (χ2v) is 5.00. The molecule has 3 rings (SSSR count). The fourth-order valence-corrected chi connectivity index (χ4v) is 2.50. The zero-order valence-corrected chi connectivity index (χ0v) is 10.5. The summed E-state index contributed by atoms with van der Waals surface area (Å²) in [4.78, 5) is 18.7. The van der Waals surface area contributed by atoms with Crippen LogP contribution in [0.4, 0.5) is 4.39 Å². The number of aromatic amines is 1. The van der Waals surface area contributed by atoms with Gasteiger partial charge in [-0.15, -0.1) is 11.3 Å². The molecule has 6 heteroatoms. The molecule has 1 aromatic carbocycles. The van der Waals surface area contributed by atoms with Crippen molar-refractivity contribution in [1.29, 1.82) is 0 Å². The highest BCUT2D eigenvalue weighted by Crippen LogP contribution is 2.23. The van der Waals surface area contributed by atoms with Crippen molar-refractivity contribution in [3.05, 3.63) is 50.8 Å². The van der Waals surface area contributed by atoms with E-state index in [1.165, 1.54) is 23.5 Å². The van der Waals surface area contributed by atoms with E-state index in [9.17, 15) is 9.18 Å². The van der Waals surface area contributed by atoms with Crippen molar-refractivity contribution < 1.29 is 4.39 Å². The van der Waals surface area contributed by atoms with Gasteiger partial charge in [-0.2, -0.15) is 0 Å². The Labute approximate surface area is 110 Å². The molecule has 0 fully saturated rings. The maximum atomic E-state index is 13.4. The van der Waals surface area contributed by atoms with Crippen LogP contribution in [-0.4, -0.2) is 9.97 Å². The second-order valence-electron chi connectivity index (χ2n) is 3.68. The highest BCUT2D eigenvalue weighted by atomic mass is 35.5. The molecule has 0 aliphatic heterocycles. The third kappa shape index (κ3) is 1.81. The Morgan fingerprint density at radius 1 is 1.33 bits per heavy atom. The zero-order chi connectivity index (χ0) is 12.7. The summed E-state index contributed by atoms with van der Waals surface area (Å²) < 4.78 is 13.9. The number of rotatable bonds is 1. The Balaban J connectivity index is 2.24. The molecule has 2 heterocycles. The molecule has 3 aromatic rings. The molecule has 0 unspecified atom stereocenters. The first kappa shape index (κ1) is 11.4. The van der Waals surface area contributed by atoms with E-state index in [1.807, 2.05) is 0 Å². The Morgan fingerprint density at radius 2 is 2.17 bits per heavy atom. The van der Waals surface area contributed by atoms with E-state index in [4.69, 9.17) is 11.6 Å². The number of hydrogen-bond donors (Lipinski definition) is 1. The maximum absolute atomic E-state index is 13.4. The fourth-order valence-electron chi connectivity index (χ4n) is 1.65. The second kappa shape index (κ2) is 4.19. The van der Waals surface area contributed by atoms with Crippen LogP contribution in [-0.2, 0) is 0 Å². The smallest absolute Gasteiger partial charge is 0.269 e. The van der Waals surface area contributed by atoms with Gasteiger partial charge in [-0.3, -0.25) is 4.79 Å². The van der Waals surface area contributed by atoms with Crippen molar-refractivity contribution in [1.82, 2.24) is 9.97 Å². The number of nitrogens with one attached hydrogen (secondary N) is 1. The van der Waals surface area contributed by atoms with Crippen LogP contribution in [0, 0.1) is 5.82 Å². The van der Waals surface area contributed by atoms with E-state index in [2.05, 4.69) is 9.97 Å². The van der Waals surface area contributed by atoms with Crippen LogP contribution in [0.15, 0.2) is 34.4 Å². The monoisotopic (exact) mass is 280 g/mol. The molecule has 3 nitrogen and oxygen atoms in total. The lowest BCUT2D eigenvalue weighted by Crippen LogP contribution is -2.07. The minimum absolute atomic E-state index is 0.0395. The van der Waals surface area contributed by atoms with Gasteiger partial charge in [0.2, 0.25) is 0 Å². The Bertz CT molecular complexity index is 796. The van der Waals surface area contributed by atoms with E-state index in [1.54, 1.807) is 17.5 Å². The molecule has 90 valence electrons. The average Bonchev–Trinajstić information content (AvgIpc) is 2.81. The van der Waals surface area contributed by atoms with E-state index in [0.717, 1.165) is 0 Å². The van der Waals surface area contributed by atoms with Gasteiger partial charge in [0, 0.05) is 5.56 Å². The largest absolute Gasteiger partial charge is 0.305 e. The Kier molecular flexibility index (Phi) is 2.65. The minimum atomic E-state index is -0.540. The molecule has 0 saturated heterocycles. The minimum Gasteiger partial charge on any atom is -0.305 e. The van der Waals surface area contributed by atoms with Crippen molar-refractivity contribution in [3.8, 4) is 11.4 Å². The van der Waals surface area contributed by atoms with E-state index < -0.39 is 5.82 Å². The number of nitrogens with zero attached hydrogens (tertiary/aromatic N) is 1. The zero-order valence-electron chi connectivity index (χ0n) is 8.91. The first-order valence-electron chi connectivity index (χ1n) is 5.08. The van der Waals surface area contributed by atoms with Crippen LogP contribution in [0.2, 0.25) is 5.02 Å². The molecule has 1 N–H and O–H groups in total. The molecule has 0 aliphatic rings. The van der Waals surface area contributed by atoms with E-state index in [0.29, 0.717) is 21.6 Å². The van der Waals surface area contributed by atoms with Crippen LogP contribution in [0.5, 0.6) is 0 Å². The predicted octanol–water partition coefficient (Wildman–Crippen LogP) is 3.44. The molecule has 18 heavy (non-hydrogen) atoms. The van der Waals surface area contributed by atoms with Crippen LogP contribution >= 0.6 is 22.9 Å². The number of aromatic nitrogens is 2. The third-order valence-electron chi connectivity index (χ3n) is 2.51. The lowest BCUT2D eigenvalue weighted by Gasteiger charge is -2.02. The van der Waals surface area contributed by atoms with Gasteiger partial charge in [-0.1, -0.05) is 11.6 Å². The Morgan fingerprint density at radius 3 is 2.94 bits per heavy atom. The van der Waals surface area contributed by atoms with Crippen LogP contribution < -0.4 is 5.56 Å². The lowest BCUT2D eigenvalue weighted by atomic mass is 10.2. The van der Waals surface area contributed by atoms with Gasteiger partial charge in [0.05, 0.1) is 10.5 Å². The number of halogens is 2. The van der Waals surface area contributed by atoms with Gasteiger partial charge < -0.3 is 4.98 Å². The normalized spacial score (nSPS) is 11.0. The first-order chi connectivity index (χ1) is 8.65. The van der Waals surface area contributed by atoms with Crippen LogP contribution in [0.3, 0.4) is 0 Å². The third-order valence-corrected chi connectivity index (χ3v) is 3.72. The first-order valence-corrected chi connectivity index (χ1v) is 6.34. The SMILES string of the molecule is O=c1[nH]c(-c2ccc(Cl)c(F)c2)nc2ccsc12. The van der Waals surface area contributed by atoms with E-state index >= 15 is 0 Å². The van der Waals surface area contributed by atoms with Gasteiger partial charge in [0.1, 0.15) is 16.3 Å². The quantitative estimate of drug-likeness (QED) is 0.742. The summed E-state index contributed by atoms with van der Waals surface area (Å²) in [7, 11) is 0. The number of thiophene rings is 1. The molecule has 0 saturated carbocycles. The summed E-state index contributed by atoms with van der Waals surface area (Å²) >= 11 is 6.93. The van der Waals surface area contributed by atoms with Gasteiger partial charge in [-0.25, -0.2) is 9.37 Å². The summed E-state index contributed by atoms with van der Waals surface area (Å²) in [6.07, 6.45) is 0. The number of hydrogen-bond acceptors (Lipinski definition) is 3. The highest BCUT2D eigenvalue weighted by Gasteiger charge is 2.08. The van der Waals surface area contributed by atoms with Crippen molar-refractivity contribution in [2.75, 3.05) is 0 Å². The van der Waals surface area contributed by atoms with Gasteiger partial charge in [0.15, 0.2) is 0 Å². The molecular formula is C12H6ClFN2OS. The molecule has 0 spiro atoms. The fraction of sp³-hybridized carbons (Fsp3) is 0. The number of H-pyrrole nitrogens is 1. The summed E-state index contributed by atoms with van der Waals surface area (Å²) in [6, 6.07) is 6.05. The molecule has 2 aromatic heterocycles. The van der Waals surface area contributed by atoms with Crippen LogP contribution in [0.25, 0.3) is 21.6 Å². The number of benzene rings is 1. The van der Waals surface area contributed by atoms with Crippen molar-refractivity contribution in [2.45, 2.75) is 0 Å². The lowest BCUT2D eigenvalue weighted by molar-refractivity contribution is 0.628. The van der Waals surface area contributed by atoms with Crippen molar-refractivity contribution >= 4 is 33.2 Å².